The van der Waals surface area contributed by atoms with Crippen LogP contribution in [0.4, 0.5) is 0 Å². The van der Waals surface area contributed by atoms with Crippen LogP contribution in [-0.2, 0) is 14.8 Å². The molecule has 2 aliphatic rings. The summed E-state index contributed by atoms with van der Waals surface area (Å²) < 4.78 is 25.0. The van der Waals surface area contributed by atoms with Gasteiger partial charge in [0.2, 0.25) is 15.9 Å². The molecule has 0 spiro atoms. The molecule has 6 heteroatoms. The third-order valence-corrected chi connectivity index (χ3v) is 4.82. The first kappa shape index (κ1) is 12.8. The van der Waals surface area contributed by atoms with Gasteiger partial charge in [0.05, 0.1) is 0 Å². The zero-order valence-electron chi connectivity index (χ0n) is 10.2. The van der Waals surface area contributed by atoms with Crippen molar-refractivity contribution in [3.63, 3.8) is 0 Å². The highest BCUT2D eigenvalue weighted by Crippen LogP contribution is 2.34. The molecule has 0 bridgehead atoms. The first-order valence-corrected chi connectivity index (χ1v) is 7.91. The Kier molecular flexibility index (Phi) is 3.73. The number of carbonyl (C=O) groups is 1. The van der Waals surface area contributed by atoms with Crippen LogP contribution in [0.5, 0.6) is 0 Å². The molecule has 5 nitrogen and oxygen atoms in total. The van der Waals surface area contributed by atoms with Gasteiger partial charge in [-0.3, -0.25) is 4.79 Å². The van der Waals surface area contributed by atoms with Crippen molar-refractivity contribution in [3.05, 3.63) is 0 Å². The summed E-state index contributed by atoms with van der Waals surface area (Å²) in [5.41, 5.74) is 0. The van der Waals surface area contributed by atoms with E-state index < -0.39 is 15.8 Å². The predicted octanol–water partition coefficient (Wildman–Crippen LogP) is 0.469. The van der Waals surface area contributed by atoms with E-state index in [9.17, 15) is 13.2 Å². The molecule has 0 saturated heterocycles. The van der Waals surface area contributed by atoms with Gasteiger partial charge in [-0.2, -0.15) is 0 Å². The molecule has 0 unspecified atom stereocenters. The number of carbonyl (C=O) groups excluding carboxylic acids is 1. The number of sulfonamides is 1. The molecule has 1 amide bonds. The second-order valence-corrected chi connectivity index (χ2v) is 6.86. The summed E-state index contributed by atoms with van der Waals surface area (Å²) in [6, 6.07) is 0.583. The summed E-state index contributed by atoms with van der Waals surface area (Å²) in [4.78, 5) is 13.9. The van der Waals surface area contributed by atoms with Crippen LogP contribution >= 0.6 is 0 Å². The lowest BCUT2D eigenvalue weighted by Crippen LogP contribution is -2.44. The van der Waals surface area contributed by atoms with Crippen molar-refractivity contribution in [2.24, 2.45) is 0 Å². The molecular formula is C11H20N2O3S. The Morgan fingerprint density at radius 1 is 1.18 bits per heavy atom. The van der Waals surface area contributed by atoms with Gasteiger partial charge in [-0.05, 0) is 32.7 Å². The van der Waals surface area contributed by atoms with E-state index in [1.54, 1.807) is 0 Å². The summed E-state index contributed by atoms with van der Waals surface area (Å²) in [6.45, 7) is 0. The van der Waals surface area contributed by atoms with Crippen LogP contribution in [0.25, 0.3) is 0 Å². The zero-order chi connectivity index (χ0) is 12.5. The Morgan fingerprint density at radius 2 is 1.71 bits per heavy atom. The lowest BCUT2D eigenvalue weighted by Gasteiger charge is -2.29. The van der Waals surface area contributed by atoms with Crippen molar-refractivity contribution in [2.75, 3.05) is 12.8 Å². The maximum Gasteiger partial charge on any atom is 0.239 e. The van der Waals surface area contributed by atoms with Crippen molar-refractivity contribution in [1.29, 1.82) is 0 Å². The first-order chi connectivity index (χ1) is 8.03. The number of rotatable bonds is 5. The van der Waals surface area contributed by atoms with Crippen molar-refractivity contribution in [3.8, 4) is 0 Å². The van der Waals surface area contributed by atoms with Crippen LogP contribution in [0.3, 0.4) is 0 Å². The maximum absolute atomic E-state index is 12.1. The van der Waals surface area contributed by atoms with E-state index in [0.717, 1.165) is 38.5 Å². The van der Waals surface area contributed by atoms with Crippen molar-refractivity contribution >= 4 is 15.9 Å². The Labute approximate surface area is 103 Å². The van der Waals surface area contributed by atoms with E-state index in [2.05, 4.69) is 4.72 Å². The fourth-order valence-electron chi connectivity index (χ4n) is 2.55. The Morgan fingerprint density at radius 3 is 2.18 bits per heavy atom. The second-order valence-electron chi connectivity index (χ2n) is 4.93. The van der Waals surface area contributed by atoms with Gasteiger partial charge in [0.1, 0.15) is 5.75 Å². The van der Waals surface area contributed by atoms with Crippen LogP contribution in [0.2, 0.25) is 0 Å². The lowest BCUT2D eigenvalue weighted by atomic mass is 10.2. The quantitative estimate of drug-likeness (QED) is 0.781. The first-order valence-electron chi connectivity index (χ1n) is 6.26. The number of hydrogen-bond acceptors (Lipinski definition) is 3. The van der Waals surface area contributed by atoms with Crippen molar-refractivity contribution < 1.29 is 13.2 Å². The van der Waals surface area contributed by atoms with E-state index in [1.807, 2.05) is 4.90 Å². The predicted molar refractivity (Wildman–Crippen MR) is 65.0 cm³/mol. The summed E-state index contributed by atoms with van der Waals surface area (Å²) in [7, 11) is -2.09. The largest absolute Gasteiger partial charge is 0.336 e. The van der Waals surface area contributed by atoms with E-state index in [4.69, 9.17) is 0 Å². The second kappa shape index (κ2) is 4.94. The smallest absolute Gasteiger partial charge is 0.239 e. The van der Waals surface area contributed by atoms with Gasteiger partial charge in [-0.25, -0.2) is 13.1 Å². The number of hydrogen-bond donors (Lipinski definition) is 1. The van der Waals surface area contributed by atoms with Crippen LogP contribution < -0.4 is 4.72 Å². The molecular weight excluding hydrogens is 240 g/mol. The monoisotopic (exact) mass is 260 g/mol. The van der Waals surface area contributed by atoms with Crippen molar-refractivity contribution in [2.45, 2.75) is 50.6 Å². The molecule has 0 aromatic heterocycles. The number of nitrogens with one attached hydrogen (secondary N) is 1. The molecule has 2 rings (SSSR count). The van der Waals surface area contributed by atoms with E-state index in [1.165, 1.54) is 7.05 Å². The highest BCUT2D eigenvalue weighted by molar-refractivity contribution is 7.90. The molecule has 2 aliphatic carbocycles. The van der Waals surface area contributed by atoms with E-state index in [0.29, 0.717) is 6.04 Å². The molecule has 98 valence electrons. The Bertz CT molecular complexity index is 384. The zero-order valence-corrected chi connectivity index (χ0v) is 11.0. The van der Waals surface area contributed by atoms with Gasteiger partial charge in [-0.15, -0.1) is 0 Å². The standard InChI is InChI=1S/C11H20N2O3S/c1-12-17(15,16)8-11(14)13(10-6-7-10)9-4-2-3-5-9/h9-10,12H,2-8H2,1H3. The van der Waals surface area contributed by atoms with Crippen LogP contribution in [-0.4, -0.2) is 44.1 Å². The molecule has 0 atom stereocenters. The maximum atomic E-state index is 12.1. The molecule has 2 saturated carbocycles. The molecule has 17 heavy (non-hydrogen) atoms. The third-order valence-electron chi connectivity index (χ3n) is 3.57. The van der Waals surface area contributed by atoms with Gasteiger partial charge in [-0.1, -0.05) is 12.8 Å². The SMILES string of the molecule is CNS(=O)(=O)CC(=O)N(C1CCCC1)C1CC1. The van der Waals surface area contributed by atoms with Crippen LogP contribution in [0, 0.1) is 0 Å². The minimum Gasteiger partial charge on any atom is -0.336 e. The third kappa shape index (κ3) is 3.19. The molecule has 0 heterocycles. The summed E-state index contributed by atoms with van der Waals surface area (Å²) in [5, 5.41) is 0. The van der Waals surface area contributed by atoms with Gasteiger partial charge < -0.3 is 4.90 Å². The Hall–Kier alpha value is -0.620. The molecule has 2 fully saturated rings. The minimum atomic E-state index is -3.44. The lowest BCUT2D eigenvalue weighted by molar-refractivity contribution is -0.131. The highest BCUT2D eigenvalue weighted by atomic mass is 32.2. The van der Waals surface area contributed by atoms with Crippen LogP contribution in [0.1, 0.15) is 38.5 Å². The summed E-state index contributed by atoms with van der Waals surface area (Å²) in [5.74, 6) is -0.634. The molecule has 0 radical (unpaired) electrons. The van der Waals surface area contributed by atoms with Crippen LogP contribution in [0.15, 0.2) is 0 Å². The molecule has 0 aromatic carbocycles. The van der Waals surface area contributed by atoms with E-state index in [-0.39, 0.29) is 11.9 Å². The van der Waals surface area contributed by atoms with Gasteiger partial charge >= 0.3 is 0 Å². The summed E-state index contributed by atoms with van der Waals surface area (Å²) in [6.07, 6.45) is 6.42. The Balaban J connectivity index is 2.03. The van der Waals surface area contributed by atoms with Gasteiger partial charge in [0.15, 0.2) is 0 Å². The number of nitrogens with zero attached hydrogens (tertiary/aromatic N) is 1. The van der Waals surface area contributed by atoms with E-state index >= 15 is 0 Å². The average molecular weight is 260 g/mol. The molecule has 0 aliphatic heterocycles. The van der Waals surface area contributed by atoms with Crippen molar-refractivity contribution in [1.82, 2.24) is 9.62 Å². The average Bonchev–Trinajstić information content (AvgIpc) is 2.93. The fraction of sp³-hybridized carbons (Fsp3) is 0.909. The topological polar surface area (TPSA) is 66.5 Å². The summed E-state index contributed by atoms with van der Waals surface area (Å²) >= 11 is 0. The minimum absolute atomic E-state index is 0.228. The highest BCUT2D eigenvalue weighted by Gasteiger charge is 2.39. The molecule has 0 aromatic rings. The number of amides is 1. The van der Waals surface area contributed by atoms with Gasteiger partial charge in [0.25, 0.3) is 0 Å². The normalized spacial score (nSPS) is 21.7. The fourth-order valence-corrected chi connectivity index (χ4v) is 3.17. The van der Waals surface area contributed by atoms with Gasteiger partial charge in [0, 0.05) is 12.1 Å². The molecule has 1 N–H and O–H groups in total.